The van der Waals surface area contributed by atoms with Gasteiger partial charge in [0.05, 0.1) is 5.69 Å². The van der Waals surface area contributed by atoms with E-state index in [1.807, 2.05) is 22.7 Å². The average Bonchev–Trinajstić information content (AvgIpc) is 2.87. The molecule has 0 aliphatic carbocycles. The number of fused-ring (bicyclic) bond motifs is 1. The van der Waals surface area contributed by atoms with E-state index in [1.54, 1.807) is 0 Å². The highest BCUT2D eigenvalue weighted by Crippen LogP contribution is 2.30. The topological polar surface area (TPSA) is 21.5 Å². The van der Waals surface area contributed by atoms with Crippen molar-refractivity contribution in [3.63, 3.8) is 0 Å². The average molecular weight is 342 g/mol. The van der Waals surface area contributed by atoms with Gasteiger partial charge in [-0.05, 0) is 48.2 Å². The fraction of sp³-hybridized carbons (Fsp3) is 0.167. The van der Waals surface area contributed by atoms with E-state index in [0.717, 1.165) is 39.4 Å². The summed E-state index contributed by atoms with van der Waals surface area (Å²) >= 11 is 3.52. The number of benzene rings is 1. The van der Waals surface area contributed by atoms with E-state index in [4.69, 9.17) is 0 Å². The third-order valence-electron chi connectivity index (χ3n) is 3.86. The van der Waals surface area contributed by atoms with Crippen LogP contribution in [0.2, 0.25) is 0 Å². The summed E-state index contributed by atoms with van der Waals surface area (Å²) in [6.07, 6.45) is 3.95. The second-order valence-electron chi connectivity index (χ2n) is 5.21. The molecule has 3 rings (SSSR count). The molecule has 0 spiro atoms. The Labute approximate surface area is 132 Å². The van der Waals surface area contributed by atoms with Gasteiger partial charge in [0.2, 0.25) is 0 Å². The summed E-state index contributed by atoms with van der Waals surface area (Å²) in [5, 5.41) is 0. The van der Waals surface area contributed by atoms with Crippen molar-refractivity contribution in [2.24, 2.45) is 0 Å². The van der Waals surface area contributed by atoms with Crippen molar-refractivity contribution in [3.05, 3.63) is 63.9 Å². The van der Waals surface area contributed by atoms with Gasteiger partial charge in [0.15, 0.2) is 6.29 Å². The van der Waals surface area contributed by atoms with E-state index < -0.39 is 0 Å². The van der Waals surface area contributed by atoms with Crippen LogP contribution in [-0.2, 0) is 6.42 Å². The molecule has 2 aromatic heterocycles. The molecule has 106 valence electrons. The number of aryl methyl sites for hydroxylation is 2. The first-order valence-electron chi connectivity index (χ1n) is 6.99. The zero-order valence-corrected chi connectivity index (χ0v) is 13.6. The zero-order chi connectivity index (χ0) is 15.0. The number of carbonyl (C=O) groups is 1. The molecular formula is C18H16BrNO. The van der Waals surface area contributed by atoms with Gasteiger partial charge in [-0.1, -0.05) is 41.1 Å². The molecule has 0 unspecified atom stereocenters. The van der Waals surface area contributed by atoms with E-state index in [2.05, 4.69) is 54.0 Å². The van der Waals surface area contributed by atoms with E-state index >= 15 is 0 Å². The Hall–Kier alpha value is -1.87. The Morgan fingerprint density at radius 1 is 1.19 bits per heavy atom. The first kappa shape index (κ1) is 14.1. The van der Waals surface area contributed by atoms with Gasteiger partial charge in [0, 0.05) is 21.7 Å². The molecule has 3 aromatic rings. The van der Waals surface area contributed by atoms with Crippen molar-refractivity contribution in [1.29, 1.82) is 0 Å². The molecule has 0 fully saturated rings. The molecule has 0 aliphatic rings. The van der Waals surface area contributed by atoms with E-state index in [0.29, 0.717) is 5.69 Å². The molecule has 0 saturated carbocycles. The summed E-state index contributed by atoms with van der Waals surface area (Å²) < 4.78 is 3.06. The van der Waals surface area contributed by atoms with Crippen LogP contribution in [0.3, 0.4) is 0 Å². The Bertz CT molecular complexity index is 833. The highest BCUT2D eigenvalue weighted by molar-refractivity contribution is 9.10. The van der Waals surface area contributed by atoms with Gasteiger partial charge >= 0.3 is 0 Å². The molecule has 0 radical (unpaired) electrons. The van der Waals surface area contributed by atoms with Gasteiger partial charge in [-0.2, -0.15) is 0 Å². The van der Waals surface area contributed by atoms with Crippen LogP contribution < -0.4 is 0 Å². The minimum absolute atomic E-state index is 0.710. The SMILES string of the molecule is CCc1ccc2cc(-c3ccc(Br)c(C)c3)c(C=O)n2c1. The summed E-state index contributed by atoms with van der Waals surface area (Å²) in [6, 6.07) is 12.4. The number of carbonyl (C=O) groups excluding carboxylic acids is 1. The lowest BCUT2D eigenvalue weighted by Gasteiger charge is -2.04. The Balaban J connectivity index is 2.26. The van der Waals surface area contributed by atoms with Gasteiger partial charge in [-0.25, -0.2) is 0 Å². The minimum atomic E-state index is 0.710. The molecule has 0 N–H and O–H groups in total. The summed E-state index contributed by atoms with van der Waals surface area (Å²) in [5.74, 6) is 0. The van der Waals surface area contributed by atoms with Gasteiger partial charge < -0.3 is 4.40 Å². The van der Waals surface area contributed by atoms with Gasteiger partial charge in [0.25, 0.3) is 0 Å². The second-order valence-corrected chi connectivity index (χ2v) is 6.07. The van der Waals surface area contributed by atoms with Crippen LogP contribution >= 0.6 is 15.9 Å². The van der Waals surface area contributed by atoms with Crippen LogP contribution in [-0.4, -0.2) is 10.7 Å². The largest absolute Gasteiger partial charge is 0.313 e. The Morgan fingerprint density at radius 3 is 2.67 bits per heavy atom. The number of hydrogen-bond donors (Lipinski definition) is 0. The molecule has 2 heterocycles. The summed E-state index contributed by atoms with van der Waals surface area (Å²) in [4.78, 5) is 11.6. The predicted molar refractivity (Wildman–Crippen MR) is 90.0 cm³/mol. The van der Waals surface area contributed by atoms with Crippen molar-refractivity contribution in [2.75, 3.05) is 0 Å². The van der Waals surface area contributed by atoms with Crippen LogP contribution in [0.5, 0.6) is 0 Å². The maximum absolute atomic E-state index is 11.6. The molecule has 0 bridgehead atoms. The lowest BCUT2D eigenvalue weighted by Crippen LogP contribution is -1.94. The van der Waals surface area contributed by atoms with Crippen molar-refractivity contribution >= 4 is 27.7 Å². The lowest BCUT2D eigenvalue weighted by atomic mass is 10.0. The Kier molecular flexibility index (Phi) is 3.68. The highest BCUT2D eigenvalue weighted by Gasteiger charge is 2.12. The maximum Gasteiger partial charge on any atom is 0.167 e. The number of nitrogens with zero attached hydrogens (tertiary/aromatic N) is 1. The molecule has 0 atom stereocenters. The maximum atomic E-state index is 11.6. The van der Waals surface area contributed by atoms with E-state index in [9.17, 15) is 4.79 Å². The molecule has 0 aliphatic heterocycles. The molecule has 0 amide bonds. The molecule has 2 nitrogen and oxygen atoms in total. The van der Waals surface area contributed by atoms with Crippen LogP contribution in [0.4, 0.5) is 0 Å². The molecule has 21 heavy (non-hydrogen) atoms. The quantitative estimate of drug-likeness (QED) is 0.610. The third-order valence-corrected chi connectivity index (χ3v) is 4.75. The molecule has 3 heteroatoms. The summed E-state index contributed by atoms with van der Waals surface area (Å²) in [5.41, 5.74) is 6.19. The molecule has 0 saturated heterocycles. The van der Waals surface area contributed by atoms with Crippen molar-refractivity contribution in [3.8, 4) is 11.1 Å². The fourth-order valence-electron chi connectivity index (χ4n) is 2.61. The minimum Gasteiger partial charge on any atom is -0.313 e. The summed E-state index contributed by atoms with van der Waals surface area (Å²) in [6.45, 7) is 4.17. The third kappa shape index (κ3) is 2.42. The normalized spacial score (nSPS) is 11.0. The number of halogens is 1. The number of aldehydes is 1. The summed E-state index contributed by atoms with van der Waals surface area (Å²) in [7, 11) is 0. The standard InChI is InChI=1S/C18H16BrNO/c1-3-13-4-6-15-9-16(18(11-21)20(15)10-13)14-5-7-17(19)12(2)8-14/h4-11H,3H2,1-2H3. The highest BCUT2D eigenvalue weighted by atomic mass is 79.9. The van der Waals surface area contributed by atoms with Crippen LogP contribution in [0.15, 0.2) is 47.1 Å². The smallest absolute Gasteiger partial charge is 0.167 e. The number of hydrogen-bond acceptors (Lipinski definition) is 1. The van der Waals surface area contributed by atoms with Crippen molar-refractivity contribution in [2.45, 2.75) is 20.3 Å². The Morgan fingerprint density at radius 2 is 2.00 bits per heavy atom. The number of rotatable bonds is 3. The van der Waals surface area contributed by atoms with Crippen LogP contribution in [0.25, 0.3) is 16.6 Å². The van der Waals surface area contributed by atoms with Crippen molar-refractivity contribution < 1.29 is 4.79 Å². The molecule has 1 aromatic carbocycles. The van der Waals surface area contributed by atoms with E-state index in [1.165, 1.54) is 5.56 Å². The van der Waals surface area contributed by atoms with Crippen LogP contribution in [0, 0.1) is 6.92 Å². The second kappa shape index (κ2) is 5.49. The van der Waals surface area contributed by atoms with Crippen LogP contribution in [0.1, 0.15) is 28.5 Å². The van der Waals surface area contributed by atoms with Gasteiger partial charge in [0.1, 0.15) is 0 Å². The first-order valence-corrected chi connectivity index (χ1v) is 7.79. The number of aromatic nitrogens is 1. The monoisotopic (exact) mass is 341 g/mol. The van der Waals surface area contributed by atoms with Crippen molar-refractivity contribution in [1.82, 2.24) is 4.40 Å². The molecular weight excluding hydrogens is 326 g/mol. The van der Waals surface area contributed by atoms with Gasteiger partial charge in [-0.15, -0.1) is 0 Å². The van der Waals surface area contributed by atoms with E-state index in [-0.39, 0.29) is 0 Å². The lowest BCUT2D eigenvalue weighted by molar-refractivity contribution is 0.111. The predicted octanol–water partition coefficient (Wildman–Crippen LogP) is 5.05. The number of pyridine rings is 1. The van der Waals surface area contributed by atoms with Gasteiger partial charge in [-0.3, -0.25) is 4.79 Å². The fourth-order valence-corrected chi connectivity index (χ4v) is 2.85. The first-order chi connectivity index (χ1) is 10.1. The zero-order valence-electron chi connectivity index (χ0n) is 12.1.